The number of aryl methyl sites for hydroxylation is 2. The summed E-state index contributed by atoms with van der Waals surface area (Å²) in [4.78, 5) is 23.8. The molecule has 1 N–H and O–H groups in total. The highest BCUT2D eigenvalue weighted by Crippen LogP contribution is 2.32. The van der Waals surface area contributed by atoms with E-state index < -0.39 is 0 Å². The summed E-state index contributed by atoms with van der Waals surface area (Å²) in [5.74, 6) is 1.95. The summed E-state index contributed by atoms with van der Waals surface area (Å²) in [7, 11) is 0. The van der Waals surface area contributed by atoms with Gasteiger partial charge < -0.3 is 14.6 Å². The van der Waals surface area contributed by atoms with Crippen molar-refractivity contribution in [2.45, 2.75) is 58.8 Å². The zero-order chi connectivity index (χ0) is 19.5. The molecule has 1 amide bonds. The van der Waals surface area contributed by atoms with Gasteiger partial charge in [0.15, 0.2) is 0 Å². The Hall–Kier alpha value is -2.37. The van der Waals surface area contributed by atoms with E-state index in [1.54, 1.807) is 6.33 Å². The number of hydrogen-bond acceptors (Lipinski definition) is 5. The molecule has 2 aliphatic rings. The maximum absolute atomic E-state index is 12.7. The van der Waals surface area contributed by atoms with Crippen molar-refractivity contribution in [1.82, 2.24) is 15.3 Å². The van der Waals surface area contributed by atoms with Crippen LogP contribution < -0.4 is 10.2 Å². The molecule has 1 saturated heterocycles. The predicted octanol–water partition coefficient (Wildman–Crippen LogP) is 4.06. The minimum Gasteiger partial charge on any atom is -0.443 e. The molecular weight excluding hydrogens is 352 g/mol. The molecule has 1 fully saturated rings. The summed E-state index contributed by atoms with van der Waals surface area (Å²) in [5.41, 5.74) is 3.22. The minimum atomic E-state index is 0.00686. The number of nitrogens with one attached hydrogen (secondary N) is 1. The number of anilines is 1. The Morgan fingerprint density at radius 3 is 3.00 bits per heavy atom. The van der Waals surface area contributed by atoms with E-state index in [-0.39, 0.29) is 11.8 Å². The van der Waals surface area contributed by atoms with Crippen molar-refractivity contribution in [3.63, 3.8) is 0 Å². The summed E-state index contributed by atoms with van der Waals surface area (Å²) < 4.78 is 5.75. The van der Waals surface area contributed by atoms with Gasteiger partial charge in [0, 0.05) is 25.2 Å². The normalized spacial score (nSPS) is 20.3. The number of carbonyl (C=O) groups is 1. The maximum Gasteiger partial charge on any atom is 0.231 e. The van der Waals surface area contributed by atoms with Gasteiger partial charge in [0.05, 0.1) is 11.3 Å². The third kappa shape index (κ3) is 3.91. The second-order valence-corrected chi connectivity index (χ2v) is 8.10. The topological polar surface area (TPSA) is 71.3 Å². The molecule has 3 heterocycles. The predicted molar refractivity (Wildman–Crippen MR) is 110 cm³/mol. The number of carbonyl (C=O) groups excluding carboxylic acids is 1. The fourth-order valence-electron chi connectivity index (χ4n) is 4.41. The molecule has 6 nitrogen and oxygen atoms in total. The van der Waals surface area contributed by atoms with Gasteiger partial charge in [-0.25, -0.2) is 9.97 Å². The van der Waals surface area contributed by atoms with Gasteiger partial charge in [0.1, 0.15) is 17.9 Å². The Balaban J connectivity index is 1.40. The number of fused-ring (bicyclic) bond motifs is 1. The molecule has 28 heavy (non-hydrogen) atoms. The van der Waals surface area contributed by atoms with Crippen LogP contribution in [0.15, 0.2) is 22.4 Å². The molecule has 0 bridgehead atoms. The van der Waals surface area contributed by atoms with Crippen LogP contribution in [-0.4, -0.2) is 35.5 Å². The molecule has 6 heteroatoms. The molecule has 2 aromatic heterocycles. The largest absolute Gasteiger partial charge is 0.443 e. The van der Waals surface area contributed by atoms with Gasteiger partial charge in [-0.2, -0.15) is 0 Å². The molecule has 150 valence electrons. The number of nitrogens with zero attached hydrogens (tertiary/aromatic N) is 3. The van der Waals surface area contributed by atoms with Crippen molar-refractivity contribution in [3.05, 3.63) is 29.3 Å². The Kier molecular flexibility index (Phi) is 5.64. The SMILES string of the molecule is Cc1oc2ncnc(N3CCC[C@H](C(=O)NCCC4=CCCCC4)C3)c2c1C. The number of piperidine rings is 1. The van der Waals surface area contributed by atoms with Crippen LogP contribution in [0.4, 0.5) is 5.82 Å². The van der Waals surface area contributed by atoms with Crippen LogP contribution in [0.25, 0.3) is 11.1 Å². The van der Waals surface area contributed by atoms with Crippen LogP contribution in [0, 0.1) is 19.8 Å². The smallest absolute Gasteiger partial charge is 0.231 e. The van der Waals surface area contributed by atoms with Crippen molar-refractivity contribution < 1.29 is 9.21 Å². The summed E-state index contributed by atoms with van der Waals surface area (Å²) >= 11 is 0. The number of rotatable bonds is 5. The molecule has 0 unspecified atom stereocenters. The number of furan rings is 1. The molecule has 2 aromatic rings. The first kappa shape index (κ1) is 19.0. The van der Waals surface area contributed by atoms with E-state index in [9.17, 15) is 4.79 Å². The number of aromatic nitrogens is 2. The first-order valence-electron chi connectivity index (χ1n) is 10.5. The Bertz CT molecular complexity index is 886. The van der Waals surface area contributed by atoms with Gasteiger partial charge in [-0.1, -0.05) is 11.6 Å². The third-order valence-electron chi connectivity index (χ3n) is 6.17. The van der Waals surface area contributed by atoms with Gasteiger partial charge in [0.2, 0.25) is 11.6 Å². The third-order valence-corrected chi connectivity index (χ3v) is 6.17. The molecule has 1 atom stereocenters. The first-order valence-corrected chi connectivity index (χ1v) is 10.5. The van der Waals surface area contributed by atoms with Crippen molar-refractivity contribution in [1.29, 1.82) is 0 Å². The van der Waals surface area contributed by atoms with Gasteiger partial charge in [0.25, 0.3) is 0 Å². The number of amides is 1. The molecule has 0 spiro atoms. The van der Waals surface area contributed by atoms with Crippen LogP contribution in [0.2, 0.25) is 0 Å². The standard InChI is InChI=1S/C22H30N4O2/c1-15-16(2)28-22-19(15)20(24-14-25-22)26-12-6-9-18(13-26)21(27)23-11-10-17-7-4-3-5-8-17/h7,14,18H,3-6,8-13H2,1-2H3,(H,23,27)/t18-/m0/s1. The highest BCUT2D eigenvalue weighted by atomic mass is 16.3. The highest BCUT2D eigenvalue weighted by molar-refractivity contribution is 5.90. The molecule has 0 aromatic carbocycles. The number of hydrogen-bond donors (Lipinski definition) is 1. The molecule has 1 aliphatic carbocycles. The van der Waals surface area contributed by atoms with Crippen LogP contribution in [0.1, 0.15) is 56.3 Å². The molecular formula is C22H30N4O2. The molecule has 0 saturated carbocycles. The second-order valence-electron chi connectivity index (χ2n) is 8.10. The van der Waals surface area contributed by atoms with E-state index in [1.165, 1.54) is 31.3 Å². The average molecular weight is 383 g/mol. The minimum absolute atomic E-state index is 0.00686. The Morgan fingerprint density at radius 1 is 1.29 bits per heavy atom. The molecule has 1 aliphatic heterocycles. The van der Waals surface area contributed by atoms with Crippen molar-refractivity contribution >= 4 is 22.8 Å². The summed E-state index contributed by atoms with van der Waals surface area (Å²) in [6.45, 7) is 6.35. The molecule has 0 radical (unpaired) electrons. The van der Waals surface area contributed by atoms with Gasteiger partial charge in [-0.05, 0) is 58.8 Å². The lowest BCUT2D eigenvalue weighted by atomic mass is 9.95. The lowest BCUT2D eigenvalue weighted by molar-refractivity contribution is -0.125. The number of allylic oxidation sites excluding steroid dienone is 1. The van der Waals surface area contributed by atoms with Crippen LogP contribution in [0.5, 0.6) is 0 Å². The van der Waals surface area contributed by atoms with Gasteiger partial charge in [-0.15, -0.1) is 0 Å². The van der Waals surface area contributed by atoms with Crippen molar-refractivity contribution in [2.24, 2.45) is 5.92 Å². The van der Waals surface area contributed by atoms with Gasteiger partial charge in [-0.3, -0.25) is 4.79 Å². The monoisotopic (exact) mass is 382 g/mol. The van der Waals surface area contributed by atoms with Gasteiger partial charge >= 0.3 is 0 Å². The van der Waals surface area contributed by atoms with Crippen LogP contribution in [-0.2, 0) is 4.79 Å². The van der Waals surface area contributed by atoms with E-state index in [0.717, 1.165) is 54.9 Å². The van der Waals surface area contributed by atoms with E-state index in [1.807, 2.05) is 13.8 Å². The van der Waals surface area contributed by atoms with E-state index >= 15 is 0 Å². The first-order chi connectivity index (χ1) is 13.6. The lowest BCUT2D eigenvalue weighted by Gasteiger charge is -2.33. The molecule has 4 rings (SSSR count). The van der Waals surface area contributed by atoms with Crippen molar-refractivity contribution in [2.75, 3.05) is 24.5 Å². The van der Waals surface area contributed by atoms with Crippen LogP contribution >= 0.6 is 0 Å². The fourth-order valence-corrected chi connectivity index (χ4v) is 4.41. The maximum atomic E-state index is 12.7. The van der Waals surface area contributed by atoms with E-state index in [0.29, 0.717) is 12.3 Å². The fraction of sp³-hybridized carbons (Fsp3) is 0.591. The summed E-state index contributed by atoms with van der Waals surface area (Å²) in [6.07, 6.45) is 11.8. The van der Waals surface area contributed by atoms with Crippen molar-refractivity contribution in [3.8, 4) is 0 Å². The summed E-state index contributed by atoms with van der Waals surface area (Å²) in [6, 6.07) is 0. The second kappa shape index (κ2) is 8.33. The average Bonchev–Trinajstić information content (AvgIpc) is 3.03. The van der Waals surface area contributed by atoms with Crippen LogP contribution in [0.3, 0.4) is 0 Å². The highest BCUT2D eigenvalue weighted by Gasteiger charge is 2.28. The van der Waals surface area contributed by atoms with E-state index in [2.05, 4.69) is 26.3 Å². The van der Waals surface area contributed by atoms with E-state index in [4.69, 9.17) is 4.42 Å². The quantitative estimate of drug-likeness (QED) is 0.790. The Morgan fingerprint density at radius 2 is 2.18 bits per heavy atom. The lowest BCUT2D eigenvalue weighted by Crippen LogP contribution is -2.43. The zero-order valence-corrected chi connectivity index (χ0v) is 17.0. The Labute approximate surface area is 166 Å². The zero-order valence-electron chi connectivity index (χ0n) is 17.0. The summed E-state index contributed by atoms with van der Waals surface area (Å²) in [5, 5.41) is 4.14.